The van der Waals surface area contributed by atoms with Gasteiger partial charge < -0.3 is 15.2 Å². The number of aromatic nitrogens is 1. The van der Waals surface area contributed by atoms with Crippen LogP contribution in [0.15, 0.2) is 48.7 Å². The number of anilines is 2. The average molecular weight is 285 g/mol. The average Bonchev–Trinajstić information content (AvgIpc) is 2.87. The molecule has 1 fully saturated rings. The molecule has 6 heteroatoms. The van der Waals surface area contributed by atoms with Crippen molar-refractivity contribution >= 4 is 17.6 Å². The molecule has 2 heterocycles. The molecular weight excluding hydrogens is 270 g/mol. The summed E-state index contributed by atoms with van der Waals surface area (Å²) in [6.07, 6.45) is 0.848. The van der Waals surface area contributed by atoms with Gasteiger partial charge in [0.25, 0.3) is 0 Å². The van der Waals surface area contributed by atoms with Gasteiger partial charge in [0.15, 0.2) is 6.10 Å². The van der Waals surface area contributed by atoms with Gasteiger partial charge >= 0.3 is 6.09 Å². The molecule has 1 aliphatic heterocycles. The van der Waals surface area contributed by atoms with Crippen LogP contribution in [-0.2, 0) is 4.74 Å². The topological polar surface area (TPSA) is 77.7 Å². The van der Waals surface area contributed by atoms with E-state index in [9.17, 15) is 4.79 Å². The minimum Gasteiger partial charge on any atom is -0.490 e. The van der Waals surface area contributed by atoms with Crippen LogP contribution in [0.25, 0.3) is 0 Å². The Bertz CT molecular complexity index is 633. The molecule has 1 amide bonds. The lowest BCUT2D eigenvalue weighted by atomic mass is 10.3. The molecule has 1 aromatic carbocycles. The number of rotatable bonds is 4. The monoisotopic (exact) mass is 285 g/mol. The number of nitrogens with zero attached hydrogens (tertiary/aromatic N) is 2. The molecule has 108 valence electrons. The summed E-state index contributed by atoms with van der Waals surface area (Å²) in [5.74, 6) is 1.12. The van der Waals surface area contributed by atoms with Crippen LogP contribution in [0.3, 0.4) is 0 Å². The largest absolute Gasteiger partial charge is 0.490 e. The van der Waals surface area contributed by atoms with Crippen molar-refractivity contribution in [2.45, 2.75) is 6.10 Å². The number of nitrogens with two attached hydrogens (primary N) is 1. The number of cyclic esters (lactones) is 1. The lowest BCUT2D eigenvalue weighted by Gasteiger charge is -2.13. The fourth-order valence-corrected chi connectivity index (χ4v) is 2.13. The van der Waals surface area contributed by atoms with Gasteiger partial charge in [-0.25, -0.2) is 9.78 Å². The fraction of sp³-hybridized carbons (Fsp3) is 0.200. The number of carbonyl (C=O) groups is 1. The molecule has 1 aromatic heterocycles. The van der Waals surface area contributed by atoms with Gasteiger partial charge in [-0.15, -0.1) is 0 Å². The maximum absolute atomic E-state index is 11.9. The van der Waals surface area contributed by atoms with Crippen LogP contribution < -0.4 is 15.4 Å². The molecule has 6 nitrogen and oxygen atoms in total. The second kappa shape index (κ2) is 5.70. The third kappa shape index (κ3) is 3.05. The lowest BCUT2D eigenvalue weighted by Crippen LogP contribution is -2.26. The maximum Gasteiger partial charge on any atom is 0.414 e. The van der Waals surface area contributed by atoms with E-state index in [1.54, 1.807) is 18.3 Å². The van der Waals surface area contributed by atoms with E-state index in [1.165, 1.54) is 4.90 Å². The van der Waals surface area contributed by atoms with E-state index in [4.69, 9.17) is 15.2 Å². The number of amides is 1. The van der Waals surface area contributed by atoms with Gasteiger partial charge in [-0.3, -0.25) is 4.90 Å². The quantitative estimate of drug-likeness (QED) is 0.930. The summed E-state index contributed by atoms with van der Waals surface area (Å²) < 4.78 is 10.9. The Kier molecular flexibility index (Phi) is 3.59. The first kappa shape index (κ1) is 13.2. The summed E-state index contributed by atoms with van der Waals surface area (Å²) in [6.45, 7) is 0.738. The van der Waals surface area contributed by atoms with Crippen LogP contribution in [0, 0.1) is 0 Å². The summed E-state index contributed by atoms with van der Waals surface area (Å²) in [4.78, 5) is 17.3. The Morgan fingerprint density at radius 1 is 1.33 bits per heavy atom. The molecular formula is C15H15N3O3. The van der Waals surface area contributed by atoms with Crippen molar-refractivity contribution < 1.29 is 14.3 Å². The highest BCUT2D eigenvalue weighted by molar-refractivity contribution is 5.90. The predicted molar refractivity (Wildman–Crippen MR) is 78.2 cm³/mol. The van der Waals surface area contributed by atoms with Crippen molar-refractivity contribution in [3.05, 3.63) is 48.7 Å². The van der Waals surface area contributed by atoms with Crippen LogP contribution in [0.2, 0.25) is 0 Å². The van der Waals surface area contributed by atoms with E-state index in [-0.39, 0.29) is 6.10 Å². The number of pyridine rings is 1. The molecule has 2 N–H and O–H groups in total. The molecule has 0 saturated carbocycles. The van der Waals surface area contributed by atoms with Crippen LogP contribution in [0.5, 0.6) is 5.75 Å². The third-order valence-electron chi connectivity index (χ3n) is 3.13. The fourth-order valence-electron chi connectivity index (χ4n) is 2.13. The van der Waals surface area contributed by atoms with Crippen molar-refractivity contribution in [2.24, 2.45) is 0 Å². The van der Waals surface area contributed by atoms with E-state index < -0.39 is 6.09 Å². The van der Waals surface area contributed by atoms with E-state index in [1.807, 2.05) is 30.3 Å². The smallest absolute Gasteiger partial charge is 0.414 e. The van der Waals surface area contributed by atoms with Crippen LogP contribution in [0.1, 0.15) is 0 Å². The SMILES string of the molecule is Nc1cc(N2CC(COc3ccccc3)OC2=O)ccn1. The molecule has 1 saturated heterocycles. The minimum absolute atomic E-state index is 0.312. The second-order valence-electron chi connectivity index (χ2n) is 4.68. The van der Waals surface area contributed by atoms with Crippen molar-refractivity contribution in [3.63, 3.8) is 0 Å². The summed E-state index contributed by atoms with van der Waals surface area (Å²) in [5, 5.41) is 0. The minimum atomic E-state index is -0.401. The van der Waals surface area contributed by atoms with Crippen molar-refractivity contribution in [1.82, 2.24) is 4.98 Å². The highest BCUT2D eigenvalue weighted by Gasteiger charge is 2.32. The number of nitrogen functional groups attached to an aromatic ring is 1. The van der Waals surface area contributed by atoms with Gasteiger partial charge in [-0.1, -0.05) is 18.2 Å². The summed E-state index contributed by atoms with van der Waals surface area (Å²) >= 11 is 0. The first-order chi connectivity index (χ1) is 10.2. The highest BCUT2D eigenvalue weighted by atomic mass is 16.6. The second-order valence-corrected chi connectivity index (χ2v) is 4.68. The first-order valence-electron chi connectivity index (χ1n) is 6.60. The van der Waals surface area contributed by atoms with Crippen molar-refractivity contribution in [1.29, 1.82) is 0 Å². The zero-order valence-corrected chi connectivity index (χ0v) is 11.3. The maximum atomic E-state index is 11.9. The zero-order chi connectivity index (χ0) is 14.7. The number of carbonyl (C=O) groups excluding carboxylic acids is 1. The number of hydrogen-bond acceptors (Lipinski definition) is 5. The molecule has 0 bridgehead atoms. The van der Waals surface area contributed by atoms with Crippen molar-refractivity contribution in [3.8, 4) is 5.75 Å². The van der Waals surface area contributed by atoms with Crippen molar-refractivity contribution in [2.75, 3.05) is 23.8 Å². The van der Waals surface area contributed by atoms with Crippen LogP contribution in [-0.4, -0.2) is 30.3 Å². The Labute approximate surface area is 122 Å². The molecule has 3 rings (SSSR count). The Hall–Kier alpha value is -2.76. The van der Waals surface area contributed by atoms with Gasteiger partial charge in [0.05, 0.1) is 12.2 Å². The van der Waals surface area contributed by atoms with E-state index in [0.29, 0.717) is 24.7 Å². The van der Waals surface area contributed by atoms with Crippen LogP contribution >= 0.6 is 0 Å². The highest BCUT2D eigenvalue weighted by Crippen LogP contribution is 2.23. The molecule has 1 unspecified atom stereocenters. The molecule has 2 aromatic rings. The lowest BCUT2D eigenvalue weighted by molar-refractivity contribution is 0.105. The van der Waals surface area contributed by atoms with E-state index >= 15 is 0 Å². The number of hydrogen-bond donors (Lipinski definition) is 1. The number of benzene rings is 1. The number of para-hydroxylation sites is 1. The van der Waals surface area contributed by atoms with Gasteiger partial charge in [0.2, 0.25) is 0 Å². The molecule has 21 heavy (non-hydrogen) atoms. The van der Waals surface area contributed by atoms with Gasteiger partial charge in [-0.2, -0.15) is 0 Å². The Balaban J connectivity index is 1.62. The Morgan fingerprint density at radius 3 is 2.90 bits per heavy atom. The molecule has 1 aliphatic rings. The third-order valence-corrected chi connectivity index (χ3v) is 3.13. The summed E-state index contributed by atoms with van der Waals surface area (Å²) in [5.41, 5.74) is 6.30. The molecule has 0 radical (unpaired) electrons. The van der Waals surface area contributed by atoms with E-state index in [0.717, 1.165) is 5.75 Å². The molecule has 1 atom stereocenters. The Morgan fingerprint density at radius 2 is 2.14 bits per heavy atom. The van der Waals surface area contributed by atoms with Gasteiger partial charge in [0, 0.05) is 12.3 Å². The summed E-state index contributed by atoms with van der Waals surface area (Å²) in [7, 11) is 0. The van der Waals surface area contributed by atoms with Gasteiger partial charge in [-0.05, 0) is 18.2 Å². The number of ether oxygens (including phenoxy) is 2. The summed E-state index contributed by atoms with van der Waals surface area (Å²) in [6, 6.07) is 12.8. The molecule has 0 aliphatic carbocycles. The standard InChI is InChI=1S/C15H15N3O3/c16-14-8-11(6-7-17-14)18-9-13(21-15(18)19)10-20-12-4-2-1-3-5-12/h1-8,13H,9-10H2,(H2,16,17). The zero-order valence-electron chi connectivity index (χ0n) is 11.3. The normalized spacial score (nSPS) is 17.6. The first-order valence-corrected chi connectivity index (χ1v) is 6.60. The predicted octanol–water partition coefficient (Wildman–Crippen LogP) is 2.07. The molecule has 0 spiro atoms. The van der Waals surface area contributed by atoms with Gasteiger partial charge in [0.1, 0.15) is 18.2 Å². The van der Waals surface area contributed by atoms with E-state index in [2.05, 4.69) is 4.98 Å². The van der Waals surface area contributed by atoms with Crippen LogP contribution in [0.4, 0.5) is 16.3 Å².